The Morgan fingerprint density at radius 1 is 0.957 bits per heavy atom. The van der Waals surface area contributed by atoms with E-state index < -0.39 is 0 Å². The van der Waals surface area contributed by atoms with E-state index >= 15 is 0 Å². The molecule has 0 fully saturated rings. The van der Waals surface area contributed by atoms with E-state index in [1.807, 2.05) is 6.07 Å². The van der Waals surface area contributed by atoms with Crippen LogP contribution in [0.3, 0.4) is 0 Å². The minimum Gasteiger partial charge on any atom is -0.469 e. The maximum Gasteiger partial charge on any atom is 0.307 e. The molecule has 0 aliphatic rings. The molecule has 3 heteroatoms. The number of hydrogen-bond donors (Lipinski definition) is 1. The molecular formula is C20H17NO2. The minimum absolute atomic E-state index is 0.181. The lowest BCUT2D eigenvalue weighted by Gasteiger charge is -2.17. The highest BCUT2D eigenvalue weighted by Crippen LogP contribution is 2.37. The molecule has 4 rings (SSSR count). The normalized spacial score (nSPS) is 13.0. The van der Waals surface area contributed by atoms with Crippen LogP contribution in [-0.4, -0.2) is 13.1 Å². The first-order valence-electron chi connectivity index (χ1n) is 7.68. The van der Waals surface area contributed by atoms with E-state index in [0.717, 1.165) is 10.9 Å². The Labute approximate surface area is 134 Å². The second-order valence-electron chi connectivity index (χ2n) is 5.90. The predicted octanol–water partition coefficient (Wildman–Crippen LogP) is 4.15. The minimum atomic E-state index is -0.369. The fourth-order valence-corrected chi connectivity index (χ4v) is 3.45. The van der Waals surface area contributed by atoms with Gasteiger partial charge in [0.25, 0.3) is 0 Å². The highest BCUT2D eigenvalue weighted by Gasteiger charge is 2.17. The third-order valence-electron chi connectivity index (χ3n) is 4.58. The molecule has 0 amide bonds. The molecular weight excluding hydrogens is 286 g/mol. The van der Waals surface area contributed by atoms with Gasteiger partial charge >= 0.3 is 5.97 Å². The summed E-state index contributed by atoms with van der Waals surface area (Å²) in [6.45, 7) is 0. The zero-order chi connectivity index (χ0) is 16.0. The van der Waals surface area contributed by atoms with Gasteiger partial charge in [0.05, 0.1) is 13.5 Å². The van der Waals surface area contributed by atoms with Crippen molar-refractivity contribution in [2.24, 2.45) is 5.73 Å². The van der Waals surface area contributed by atoms with Crippen molar-refractivity contribution >= 4 is 38.3 Å². The monoisotopic (exact) mass is 303 g/mol. The van der Waals surface area contributed by atoms with Crippen molar-refractivity contribution in [3.8, 4) is 0 Å². The smallest absolute Gasteiger partial charge is 0.307 e. The topological polar surface area (TPSA) is 52.3 Å². The molecule has 4 aromatic rings. The Kier molecular flexibility index (Phi) is 3.17. The van der Waals surface area contributed by atoms with Crippen molar-refractivity contribution in [2.45, 2.75) is 12.5 Å². The number of methoxy groups -OCH3 is 1. The number of hydrogen-bond acceptors (Lipinski definition) is 3. The quantitative estimate of drug-likeness (QED) is 0.457. The van der Waals surface area contributed by atoms with E-state index in [0.29, 0.717) is 0 Å². The molecule has 0 unspecified atom stereocenters. The first-order chi connectivity index (χ1) is 11.2. The lowest BCUT2D eigenvalue weighted by Crippen LogP contribution is -2.16. The molecule has 1 atom stereocenters. The van der Waals surface area contributed by atoms with Gasteiger partial charge in [-0.15, -0.1) is 0 Å². The van der Waals surface area contributed by atoms with E-state index in [9.17, 15) is 4.79 Å². The second-order valence-corrected chi connectivity index (χ2v) is 5.90. The summed E-state index contributed by atoms with van der Waals surface area (Å²) in [5.41, 5.74) is 7.26. The molecule has 0 heterocycles. The average Bonchev–Trinajstić information content (AvgIpc) is 2.59. The molecule has 0 saturated carbocycles. The molecule has 0 aromatic heterocycles. The van der Waals surface area contributed by atoms with Crippen molar-refractivity contribution in [3.05, 3.63) is 60.2 Å². The van der Waals surface area contributed by atoms with E-state index in [4.69, 9.17) is 10.5 Å². The Morgan fingerprint density at radius 3 is 2.26 bits per heavy atom. The van der Waals surface area contributed by atoms with Crippen LogP contribution in [0.15, 0.2) is 54.6 Å². The summed E-state index contributed by atoms with van der Waals surface area (Å²) in [6.07, 6.45) is 0.181. The van der Waals surface area contributed by atoms with Gasteiger partial charge in [-0.05, 0) is 37.9 Å². The van der Waals surface area contributed by atoms with Crippen molar-refractivity contribution in [1.29, 1.82) is 0 Å². The first kappa shape index (κ1) is 14.0. The van der Waals surface area contributed by atoms with Crippen molar-refractivity contribution in [3.63, 3.8) is 0 Å². The van der Waals surface area contributed by atoms with Crippen LogP contribution in [0.25, 0.3) is 32.3 Å². The van der Waals surface area contributed by atoms with Crippen LogP contribution in [0.5, 0.6) is 0 Å². The van der Waals surface area contributed by atoms with Crippen LogP contribution in [0.4, 0.5) is 0 Å². The summed E-state index contributed by atoms with van der Waals surface area (Å²) in [6, 6.07) is 18.6. The fourth-order valence-electron chi connectivity index (χ4n) is 3.45. The highest BCUT2D eigenvalue weighted by molar-refractivity contribution is 6.23. The molecule has 0 saturated heterocycles. The van der Waals surface area contributed by atoms with Crippen LogP contribution >= 0.6 is 0 Å². The van der Waals surface area contributed by atoms with Crippen LogP contribution in [0, 0.1) is 0 Å². The van der Waals surface area contributed by atoms with E-state index in [1.54, 1.807) is 0 Å². The molecule has 0 bridgehead atoms. The summed E-state index contributed by atoms with van der Waals surface area (Å²) >= 11 is 0. The second kappa shape index (κ2) is 5.21. The summed E-state index contributed by atoms with van der Waals surface area (Å²) in [4.78, 5) is 11.6. The number of benzene rings is 4. The zero-order valence-corrected chi connectivity index (χ0v) is 12.9. The molecule has 3 nitrogen and oxygen atoms in total. The number of carbonyl (C=O) groups is 1. The van der Waals surface area contributed by atoms with Gasteiger partial charge < -0.3 is 10.5 Å². The van der Waals surface area contributed by atoms with E-state index in [2.05, 4.69) is 48.5 Å². The van der Waals surface area contributed by atoms with Crippen LogP contribution < -0.4 is 5.73 Å². The van der Waals surface area contributed by atoms with Crippen molar-refractivity contribution in [2.75, 3.05) is 7.11 Å². The van der Waals surface area contributed by atoms with Crippen LogP contribution in [-0.2, 0) is 9.53 Å². The van der Waals surface area contributed by atoms with E-state index in [-0.39, 0.29) is 18.4 Å². The third kappa shape index (κ3) is 2.13. The number of carbonyl (C=O) groups excluding carboxylic acids is 1. The number of esters is 1. The molecule has 2 N–H and O–H groups in total. The van der Waals surface area contributed by atoms with Gasteiger partial charge in [0.15, 0.2) is 0 Å². The summed E-state index contributed by atoms with van der Waals surface area (Å²) in [7, 11) is 1.39. The summed E-state index contributed by atoms with van der Waals surface area (Å²) in [5.74, 6) is -0.289. The van der Waals surface area contributed by atoms with Gasteiger partial charge in [-0.3, -0.25) is 4.79 Å². The number of ether oxygens (including phenoxy) is 1. The lowest BCUT2D eigenvalue weighted by molar-refractivity contribution is -0.141. The van der Waals surface area contributed by atoms with Gasteiger partial charge in [-0.25, -0.2) is 0 Å². The molecule has 114 valence electrons. The Morgan fingerprint density at radius 2 is 1.57 bits per heavy atom. The Balaban J connectivity index is 2.01. The maximum atomic E-state index is 11.6. The Bertz CT molecular complexity index is 1010. The fraction of sp³-hybridized carbons (Fsp3) is 0.150. The molecule has 0 spiro atoms. The van der Waals surface area contributed by atoms with Gasteiger partial charge in [-0.2, -0.15) is 0 Å². The van der Waals surface area contributed by atoms with E-state index in [1.165, 1.54) is 34.0 Å². The SMILES string of the molecule is COC(=O)C[C@H](N)c1ccc2ccc3cccc4ccc1c2c34. The lowest BCUT2D eigenvalue weighted by atomic mass is 9.89. The molecule has 4 aromatic carbocycles. The largest absolute Gasteiger partial charge is 0.469 e. The zero-order valence-electron chi connectivity index (χ0n) is 12.9. The first-order valence-corrected chi connectivity index (χ1v) is 7.68. The number of rotatable bonds is 3. The maximum absolute atomic E-state index is 11.6. The van der Waals surface area contributed by atoms with Crippen molar-refractivity contribution in [1.82, 2.24) is 0 Å². The van der Waals surface area contributed by atoms with Crippen LogP contribution in [0.2, 0.25) is 0 Å². The standard InChI is InChI=1S/C20H17NO2/c1-23-18(22)11-17(21)15-9-7-14-6-5-12-3-2-4-13-8-10-16(15)20(14)19(12)13/h2-10,17H,11,21H2,1H3/t17-/m0/s1. The molecule has 23 heavy (non-hydrogen) atoms. The highest BCUT2D eigenvalue weighted by atomic mass is 16.5. The van der Waals surface area contributed by atoms with Gasteiger partial charge in [0.1, 0.15) is 0 Å². The van der Waals surface area contributed by atoms with Crippen molar-refractivity contribution < 1.29 is 9.53 Å². The van der Waals surface area contributed by atoms with Gasteiger partial charge in [-0.1, -0.05) is 54.6 Å². The summed E-state index contributed by atoms with van der Waals surface area (Å²) in [5, 5.41) is 7.23. The number of nitrogens with two attached hydrogens (primary N) is 1. The summed E-state index contributed by atoms with van der Waals surface area (Å²) < 4.78 is 4.75. The van der Waals surface area contributed by atoms with Gasteiger partial charge in [0.2, 0.25) is 0 Å². The predicted molar refractivity (Wildman–Crippen MR) is 93.7 cm³/mol. The Hall–Kier alpha value is -2.65. The molecule has 0 aliphatic carbocycles. The molecule has 0 aliphatic heterocycles. The third-order valence-corrected chi connectivity index (χ3v) is 4.58. The van der Waals surface area contributed by atoms with Crippen LogP contribution in [0.1, 0.15) is 18.0 Å². The van der Waals surface area contributed by atoms with Gasteiger partial charge in [0, 0.05) is 6.04 Å². The average molecular weight is 303 g/mol. The molecule has 0 radical (unpaired) electrons.